The van der Waals surface area contributed by atoms with Crippen LogP contribution in [0.1, 0.15) is 15.9 Å². The SMILES string of the molecule is COc1ccc(/C=C2\Oc3cc(OCC(=O)[O-])ccc3C2=O)c(OC)c1OC. The minimum absolute atomic E-state index is 0.0811. The summed E-state index contributed by atoms with van der Waals surface area (Å²) in [5, 5.41) is 10.5. The third kappa shape index (κ3) is 3.57. The number of rotatable bonds is 7. The summed E-state index contributed by atoms with van der Waals surface area (Å²) in [6, 6.07) is 7.84. The molecule has 2 aromatic carbocycles. The van der Waals surface area contributed by atoms with Gasteiger partial charge in [0.2, 0.25) is 11.5 Å². The van der Waals surface area contributed by atoms with Gasteiger partial charge in [-0.3, -0.25) is 4.79 Å². The highest BCUT2D eigenvalue weighted by atomic mass is 16.5. The summed E-state index contributed by atoms with van der Waals surface area (Å²) in [7, 11) is 4.47. The number of carboxylic acid groups (broad SMARTS) is 1. The highest BCUT2D eigenvalue weighted by Gasteiger charge is 2.28. The molecule has 28 heavy (non-hydrogen) atoms. The number of carbonyl (C=O) groups is 2. The van der Waals surface area contributed by atoms with Crippen molar-refractivity contribution in [3.63, 3.8) is 0 Å². The number of carbonyl (C=O) groups excluding carboxylic acids is 2. The first-order valence-corrected chi connectivity index (χ1v) is 8.18. The maximum Gasteiger partial charge on any atom is 0.231 e. The van der Waals surface area contributed by atoms with Crippen molar-refractivity contribution >= 4 is 17.8 Å². The maximum absolute atomic E-state index is 12.6. The lowest BCUT2D eigenvalue weighted by atomic mass is 10.1. The first kappa shape index (κ1) is 19.1. The number of hydrogen-bond acceptors (Lipinski definition) is 8. The molecule has 0 aliphatic carbocycles. The van der Waals surface area contributed by atoms with E-state index in [0.717, 1.165) is 0 Å². The highest BCUT2D eigenvalue weighted by Crippen LogP contribution is 2.42. The summed E-state index contributed by atoms with van der Waals surface area (Å²) in [4.78, 5) is 23.1. The van der Waals surface area contributed by atoms with Crippen LogP contribution in [-0.4, -0.2) is 39.7 Å². The maximum atomic E-state index is 12.6. The first-order chi connectivity index (χ1) is 13.5. The van der Waals surface area contributed by atoms with Crippen LogP contribution in [-0.2, 0) is 4.79 Å². The van der Waals surface area contributed by atoms with E-state index in [1.807, 2.05) is 0 Å². The van der Waals surface area contributed by atoms with Gasteiger partial charge in [-0.2, -0.15) is 0 Å². The Labute approximate surface area is 160 Å². The van der Waals surface area contributed by atoms with Crippen LogP contribution in [0.3, 0.4) is 0 Å². The molecule has 0 saturated heterocycles. The number of hydrogen-bond donors (Lipinski definition) is 0. The summed E-state index contributed by atoms with van der Waals surface area (Å²) in [5.41, 5.74) is 0.899. The standard InChI is InChI=1S/C20H18O8/c1-24-14-7-4-11(19(25-2)20(14)26-3)8-16-18(23)13-6-5-12(9-15(13)28-16)27-10-17(21)22/h4-9H,10H2,1-3H3,(H,21,22)/p-1/b16-8-. The molecule has 0 N–H and O–H groups in total. The number of ether oxygens (including phenoxy) is 5. The van der Waals surface area contributed by atoms with Gasteiger partial charge in [-0.1, -0.05) is 0 Å². The molecule has 1 aliphatic heterocycles. The molecule has 0 radical (unpaired) electrons. The van der Waals surface area contributed by atoms with Gasteiger partial charge in [0, 0.05) is 11.6 Å². The van der Waals surface area contributed by atoms with Crippen LogP contribution < -0.4 is 28.8 Å². The summed E-state index contributed by atoms with van der Waals surface area (Å²) in [6.45, 7) is -0.599. The van der Waals surface area contributed by atoms with Crippen LogP contribution in [0.4, 0.5) is 0 Å². The molecular weight excluding hydrogens is 368 g/mol. The fraction of sp³-hybridized carbons (Fsp3) is 0.200. The monoisotopic (exact) mass is 385 g/mol. The van der Waals surface area contributed by atoms with Crippen LogP contribution in [0.25, 0.3) is 6.08 Å². The Morgan fingerprint density at radius 2 is 1.82 bits per heavy atom. The second-order valence-corrected chi connectivity index (χ2v) is 5.68. The zero-order valence-corrected chi connectivity index (χ0v) is 15.4. The van der Waals surface area contributed by atoms with Gasteiger partial charge in [0.25, 0.3) is 0 Å². The molecule has 0 amide bonds. The Bertz CT molecular complexity index is 961. The van der Waals surface area contributed by atoms with Crippen LogP contribution in [0.15, 0.2) is 36.1 Å². The Morgan fingerprint density at radius 3 is 2.46 bits per heavy atom. The van der Waals surface area contributed by atoms with Crippen molar-refractivity contribution in [1.82, 2.24) is 0 Å². The van der Waals surface area contributed by atoms with Gasteiger partial charge in [0.1, 0.15) is 18.1 Å². The van der Waals surface area contributed by atoms with Crippen molar-refractivity contribution in [3.05, 3.63) is 47.2 Å². The molecule has 0 unspecified atom stereocenters. The number of Topliss-reactive ketones (excluding diaryl/α,β-unsaturated/α-hetero) is 1. The minimum Gasteiger partial charge on any atom is -0.546 e. The zero-order chi connectivity index (χ0) is 20.3. The fourth-order valence-corrected chi connectivity index (χ4v) is 2.78. The molecule has 1 aliphatic rings. The molecule has 2 aromatic rings. The van der Waals surface area contributed by atoms with Gasteiger partial charge in [-0.05, 0) is 30.3 Å². The quantitative estimate of drug-likeness (QED) is 0.660. The molecule has 1 heterocycles. The normalized spacial score (nSPS) is 13.7. The van der Waals surface area contributed by atoms with Crippen LogP contribution >= 0.6 is 0 Å². The van der Waals surface area contributed by atoms with Crippen LogP contribution in [0, 0.1) is 0 Å². The van der Waals surface area contributed by atoms with E-state index in [4.69, 9.17) is 23.7 Å². The molecule has 0 fully saturated rings. The second-order valence-electron chi connectivity index (χ2n) is 5.68. The van der Waals surface area contributed by atoms with Crippen molar-refractivity contribution in [3.8, 4) is 28.7 Å². The molecule has 0 bridgehead atoms. The van der Waals surface area contributed by atoms with Gasteiger partial charge in [0.05, 0.1) is 32.9 Å². The Hall–Kier alpha value is -3.68. The van der Waals surface area contributed by atoms with E-state index < -0.39 is 12.6 Å². The molecule has 0 saturated carbocycles. The number of methoxy groups -OCH3 is 3. The van der Waals surface area contributed by atoms with E-state index in [9.17, 15) is 14.7 Å². The lowest BCUT2D eigenvalue weighted by Gasteiger charge is -2.14. The molecule has 0 atom stereocenters. The smallest absolute Gasteiger partial charge is 0.231 e. The van der Waals surface area contributed by atoms with Crippen molar-refractivity contribution in [1.29, 1.82) is 0 Å². The predicted octanol–water partition coefficient (Wildman–Crippen LogP) is 1.46. The molecule has 146 valence electrons. The molecule has 0 spiro atoms. The third-order valence-corrected chi connectivity index (χ3v) is 4.02. The summed E-state index contributed by atoms with van der Waals surface area (Å²) in [6.07, 6.45) is 1.53. The van der Waals surface area contributed by atoms with Gasteiger partial charge in [-0.15, -0.1) is 0 Å². The number of carboxylic acids is 1. The minimum atomic E-state index is -1.35. The zero-order valence-electron chi connectivity index (χ0n) is 15.4. The Kier molecular flexibility index (Phi) is 5.39. The van der Waals surface area contributed by atoms with E-state index in [-0.39, 0.29) is 23.0 Å². The summed E-state index contributed by atoms with van der Waals surface area (Å²) in [5.74, 6) is 0.194. The number of allylic oxidation sites excluding steroid dienone is 1. The lowest BCUT2D eigenvalue weighted by molar-refractivity contribution is -0.307. The average molecular weight is 385 g/mol. The topological polar surface area (TPSA) is 103 Å². The van der Waals surface area contributed by atoms with Crippen LogP contribution in [0.5, 0.6) is 28.7 Å². The van der Waals surface area contributed by atoms with Crippen molar-refractivity contribution < 1.29 is 38.4 Å². The van der Waals surface area contributed by atoms with E-state index in [0.29, 0.717) is 28.4 Å². The van der Waals surface area contributed by atoms with Crippen molar-refractivity contribution in [2.75, 3.05) is 27.9 Å². The van der Waals surface area contributed by atoms with Gasteiger partial charge in [-0.25, -0.2) is 0 Å². The number of ketones is 1. The fourth-order valence-electron chi connectivity index (χ4n) is 2.78. The van der Waals surface area contributed by atoms with E-state index in [1.165, 1.54) is 45.6 Å². The number of benzene rings is 2. The van der Waals surface area contributed by atoms with E-state index in [2.05, 4.69) is 0 Å². The lowest BCUT2D eigenvalue weighted by Crippen LogP contribution is -2.28. The molecular formula is C20H17O8-. The van der Waals surface area contributed by atoms with Gasteiger partial charge < -0.3 is 33.6 Å². The van der Waals surface area contributed by atoms with Gasteiger partial charge in [0.15, 0.2) is 17.3 Å². The largest absolute Gasteiger partial charge is 0.546 e. The second kappa shape index (κ2) is 7.91. The Balaban J connectivity index is 1.93. The van der Waals surface area contributed by atoms with Crippen molar-refractivity contribution in [2.45, 2.75) is 0 Å². The third-order valence-electron chi connectivity index (χ3n) is 4.02. The number of aliphatic carboxylic acids is 1. The average Bonchev–Trinajstić information content (AvgIpc) is 3.00. The molecule has 0 aromatic heterocycles. The predicted molar refractivity (Wildman–Crippen MR) is 96.0 cm³/mol. The summed E-state index contributed by atoms with van der Waals surface area (Å²) < 4.78 is 26.7. The first-order valence-electron chi connectivity index (χ1n) is 8.18. The number of fused-ring (bicyclic) bond motifs is 1. The van der Waals surface area contributed by atoms with Gasteiger partial charge >= 0.3 is 0 Å². The Morgan fingerprint density at radius 1 is 1.07 bits per heavy atom. The van der Waals surface area contributed by atoms with E-state index >= 15 is 0 Å². The van der Waals surface area contributed by atoms with Crippen molar-refractivity contribution in [2.24, 2.45) is 0 Å². The molecule has 3 rings (SSSR count). The molecule has 8 nitrogen and oxygen atoms in total. The summed E-state index contributed by atoms with van der Waals surface area (Å²) >= 11 is 0. The van der Waals surface area contributed by atoms with Crippen LogP contribution in [0.2, 0.25) is 0 Å². The van der Waals surface area contributed by atoms with E-state index in [1.54, 1.807) is 12.1 Å². The highest BCUT2D eigenvalue weighted by molar-refractivity contribution is 6.14. The molecule has 8 heteroatoms.